The SMILES string of the molecule is CC(C)=CCC[C@@H](C)C12CC=C(C)[C@@H]1C2. The molecule has 0 N–H and O–H groups in total. The normalized spacial score (nSPS) is 34.4. The van der Waals surface area contributed by atoms with Crippen LogP contribution in [-0.2, 0) is 0 Å². The molecule has 1 saturated carbocycles. The second-order valence-electron chi connectivity index (χ2n) is 5.90. The van der Waals surface area contributed by atoms with E-state index in [0.717, 1.165) is 11.8 Å². The van der Waals surface area contributed by atoms with Gasteiger partial charge in [0.2, 0.25) is 0 Å². The molecular weight excluding hydrogens is 180 g/mol. The minimum absolute atomic E-state index is 0.708. The van der Waals surface area contributed by atoms with Crippen molar-refractivity contribution in [3.05, 3.63) is 23.3 Å². The van der Waals surface area contributed by atoms with E-state index in [1.54, 1.807) is 5.57 Å². The summed E-state index contributed by atoms with van der Waals surface area (Å²) in [5, 5.41) is 0. The van der Waals surface area contributed by atoms with Crippen molar-refractivity contribution >= 4 is 0 Å². The van der Waals surface area contributed by atoms with Crippen LogP contribution in [0.25, 0.3) is 0 Å². The molecule has 0 spiro atoms. The summed E-state index contributed by atoms with van der Waals surface area (Å²) < 4.78 is 0. The molecule has 84 valence electrons. The molecule has 15 heavy (non-hydrogen) atoms. The van der Waals surface area contributed by atoms with E-state index in [1.807, 2.05) is 0 Å². The van der Waals surface area contributed by atoms with E-state index < -0.39 is 0 Å². The Labute approximate surface area is 94.5 Å². The fourth-order valence-electron chi connectivity index (χ4n) is 3.31. The predicted octanol–water partition coefficient (Wildman–Crippen LogP) is 4.73. The third kappa shape index (κ3) is 1.91. The second-order valence-corrected chi connectivity index (χ2v) is 5.90. The standard InChI is InChI=1S/C15H24/c1-11(2)6-5-7-13(4)15-9-8-12(3)14(15)10-15/h6,8,13-14H,5,7,9-10H2,1-4H3/t13-,14+,15?/m1/s1. The molecule has 0 aromatic rings. The van der Waals surface area contributed by atoms with Crippen molar-refractivity contribution in [2.75, 3.05) is 0 Å². The van der Waals surface area contributed by atoms with Gasteiger partial charge in [-0.2, -0.15) is 0 Å². The third-order valence-corrected chi connectivity index (χ3v) is 4.61. The van der Waals surface area contributed by atoms with E-state index in [0.29, 0.717) is 5.41 Å². The molecule has 0 aromatic carbocycles. The first-order valence-corrected chi connectivity index (χ1v) is 6.36. The highest BCUT2D eigenvalue weighted by molar-refractivity contribution is 5.29. The molecule has 0 nitrogen and oxygen atoms in total. The molecule has 0 saturated heterocycles. The van der Waals surface area contributed by atoms with Crippen molar-refractivity contribution < 1.29 is 0 Å². The number of allylic oxidation sites excluding steroid dienone is 4. The van der Waals surface area contributed by atoms with E-state index in [1.165, 1.54) is 31.3 Å². The zero-order valence-electron chi connectivity index (χ0n) is 10.6. The van der Waals surface area contributed by atoms with Gasteiger partial charge in [0.25, 0.3) is 0 Å². The quantitative estimate of drug-likeness (QED) is 0.581. The highest BCUT2D eigenvalue weighted by Crippen LogP contribution is 2.67. The summed E-state index contributed by atoms with van der Waals surface area (Å²) in [6, 6.07) is 0. The van der Waals surface area contributed by atoms with Gasteiger partial charge in [-0.1, -0.05) is 30.2 Å². The number of hydrogen-bond acceptors (Lipinski definition) is 0. The molecule has 1 fully saturated rings. The zero-order valence-corrected chi connectivity index (χ0v) is 10.6. The van der Waals surface area contributed by atoms with Crippen molar-refractivity contribution in [3.8, 4) is 0 Å². The third-order valence-electron chi connectivity index (χ3n) is 4.61. The van der Waals surface area contributed by atoms with Crippen LogP contribution in [0, 0.1) is 17.3 Å². The summed E-state index contributed by atoms with van der Waals surface area (Å²) in [6.07, 6.45) is 10.4. The summed E-state index contributed by atoms with van der Waals surface area (Å²) in [6.45, 7) is 9.18. The maximum Gasteiger partial charge on any atom is -0.0138 e. The van der Waals surface area contributed by atoms with E-state index >= 15 is 0 Å². The molecule has 2 rings (SSSR count). The molecule has 2 aliphatic rings. The average Bonchev–Trinajstić information content (AvgIpc) is 2.82. The summed E-state index contributed by atoms with van der Waals surface area (Å²) >= 11 is 0. The Morgan fingerprint density at radius 3 is 2.80 bits per heavy atom. The fraction of sp³-hybridized carbons (Fsp3) is 0.733. The minimum atomic E-state index is 0.708. The van der Waals surface area contributed by atoms with Gasteiger partial charge in [0.15, 0.2) is 0 Å². The maximum absolute atomic E-state index is 2.48. The molecule has 0 radical (unpaired) electrons. The van der Waals surface area contributed by atoms with Crippen molar-refractivity contribution in [2.45, 2.75) is 53.4 Å². The van der Waals surface area contributed by atoms with Crippen LogP contribution in [0.3, 0.4) is 0 Å². The van der Waals surface area contributed by atoms with Crippen LogP contribution in [0.4, 0.5) is 0 Å². The van der Waals surface area contributed by atoms with Crippen molar-refractivity contribution in [1.82, 2.24) is 0 Å². The maximum atomic E-state index is 2.48. The molecule has 0 aromatic heterocycles. The zero-order chi connectivity index (χ0) is 11.1. The Morgan fingerprint density at radius 2 is 2.33 bits per heavy atom. The largest absolute Gasteiger partial charge is 0.0859 e. The van der Waals surface area contributed by atoms with Crippen LogP contribution < -0.4 is 0 Å². The molecule has 1 unspecified atom stereocenters. The Bertz CT molecular complexity index is 304. The number of fused-ring (bicyclic) bond motifs is 1. The summed E-state index contributed by atoms with van der Waals surface area (Å²) in [4.78, 5) is 0. The van der Waals surface area contributed by atoms with Gasteiger partial charge in [-0.3, -0.25) is 0 Å². The summed E-state index contributed by atoms with van der Waals surface area (Å²) in [5.41, 5.74) is 3.84. The highest BCUT2D eigenvalue weighted by Gasteiger charge is 2.59. The lowest BCUT2D eigenvalue weighted by Crippen LogP contribution is -2.12. The minimum Gasteiger partial charge on any atom is -0.0859 e. The van der Waals surface area contributed by atoms with Crippen molar-refractivity contribution in [1.29, 1.82) is 0 Å². The first kappa shape index (κ1) is 11.0. The number of rotatable bonds is 4. The lowest BCUT2D eigenvalue weighted by atomic mass is 9.84. The highest BCUT2D eigenvalue weighted by atomic mass is 14.6. The van der Waals surface area contributed by atoms with E-state index in [2.05, 4.69) is 39.8 Å². The molecule has 0 bridgehead atoms. The fourth-order valence-corrected chi connectivity index (χ4v) is 3.31. The van der Waals surface area contributed by atoms with Crippen LogP contribution >= 0.6 is 0 Å². The smallest absolute Gasteiger partial charge is 0.0138 e. The first-order valence-electron chi connectivity index (χ1n) is 6.36. The lowest BCUT2D eigenvalue weighted by Gasteiger charge is -2.20. The molecule has 3 atom stereocenters. The molecule has 0 heteroatoms. The molecule has 2 aliphatic carbocycles. The Balaban J connectivity index is 1.84. The van der Waals surface area contributed by atoms with Gasteiger partial charge in [-0.05, 0) is 63.7 Å². The molecule has 0 amide bonds. The van der Waals surface area contributed by atoms with Gasteiger partial charge in [-0.25, -0.2) is 0 Å². The Kier molecular flexibility index (Phi) is 2.79. The molecule has 0 aliphatic heterocycles. The molecule has 0 heterocycles. The number of hydrogen-bond donors (Lipinski definition) is 0. The summed E-state index contributed by atoms with van der Waals surface area (Å²) in [5.74, 6) is 1.87. The monoisotopic (exact) mass is 204 g/mol. The van der Waals surface area contributed by atoms with Gasteiger partial charge in [0, 0.05) is 0 Å². The van der Waals surface area contributed by atoms with Crippen molar-refractivity contribution in [2.24, 2.45) is 17.3 Å². The van der Waals surface area contributed by atoms with E-state index in [4.69, 9.17) is 0 Å². The Morgan fingerprint density at radius 1 is 1.60 bits per heavy atom. The topological polar surface area (TPSA) is 0 Å². The second kappa shape index (κ2) is 3.81. The van der Waals surface area contributed by atoms with Crippen LogP contribution in [0.2, 0.25) is 0 Å². The van der Waals surface area contributed by atoms with Crippen LogP contribution in [0.5, 0.6) is 0 Å². The molecular formula is C15H24. The van der Waals surface area contributed by atoms with Gasteiger partial charge in [0.1, 0.15) is 0 Å². The van der Waals surface area contributed by atoms with Crippen LogP contribution in [0.1, 0.15) is 53.4 Å². The average molecular weight is 204 g/mol. The summed E-state index contributed by atoms with van der Waals surface area (Å²) in [7, 11) is 0. The van der Waals surface area contributed by atoms with E-state index in [9.17, 15) is 0 Å². The van der Waals surface area contributed by atoms with Crippen LogP contribution in [-0.4, -0.2) is 0 Å². The predicted molar refractivity (Wildman–Crippen MR) is 66.7 cm³/mol. The first-order chi connectivity index (χ1) is 7.06. The van der Waals surface area contributed by atoms with Crippen LogP contribution in [0.15, 0.2) is 23.3 Å². The van der Waals surface area contributed by atoms with E-state index in [-0.39, 0.29) is 0 Å². The van der Waals surface area contributed by atoms with Gasteiger partial charge < -0.3 is 0 Å². The van der Waals surface area contributed by atoms with Gasteiger partial charge in [-0.15, -0.1) is 0 Å². The lowest BCUT2D eigenvalue weighted by molar-refractivity contribution is 0.309. The van der Waals surface area contributed by atoms with Crippen molar-refractivity contribution in [3.63, 3.8) is 0 Å². The van der Waals surface area contributed by atoms with Gasteiger partial charge in [0.05, 0.1) is 0 Å². The Hall–Kier alpha value is -0.520. The van der Waals surface area contributed by atoms with Gasteiger partial charge >= 0.3 is 0 Å².